The first-order chi connectivity index (χ1) is 10.9. The molecule has 1 heterocycles. The summed E-state index contributed by atoms with van der Waals surface area (Å²) >= 11 is 1.26. The van der Waals surface area contributed by atoms with Crippen molar-refractivity contribution < 1.29 is 9.59 Å². The Kier molecular flexibility index (Phi) is 8.04. The molecule has 0 saturated carbocycles. The van der Waals surface area contributed by atoms with Crippen LogP contribution in [0.15, 0.2) is 5.16 Å². The Morgan fingerprint density at radius 2 is 2.04 bits per heavy atom. The maximum absolute atomic E-state index is 11.6. The van der Waals surface area contributed by atoms with E-state index >= 15 is 0 Å². The second-order valence-electron chi connectivity index (χ2n) is 5.43. The van der Waals surface area contributed by atoms with Crippen LogP contribution >= 0.6 is 11.8 Å². The standard InChI is InChI=1S/C14H26N6O2S/c1-5-7-8-20-12(10(6-2)19(3)4)17-18-14(20)23-9-11(21)16-13(15)22/h10H,5-9H2,1-4H3,(H3,15,16,21,22)/t10-/m1/s1. The van der Waals surface area contributed by atoms with Crippen molar-refractivity contribution in [2.24, 2.45) is 5.73 Å². The Morgan fingerprint density at radius 3 is 2.57 bits per heavy atom. The highest BCUT2D eigenvalue weighted by atomic mass is 32.2. The predicted molar refractivity (Wildman–Crippen MR) is 90.1 cm³/mol. The Labute approximate surface area is 141 Å². The van der Waals surface area contributed by atoms with E-state index in [1.165, 1.54) is 11.8 Å². The van der Waals surface area contributed by atoms with E-state index in [1.807, 2.05) is 19.4 Å². The van der Waals surface area contributed by atoms with Gasteiger partial charge in [0.05, 0.1) is 11.8 Å². The molecule has 0 radical (unpaired) electrons. The number of hydrogen-bond donors (Lipinski definition) is 2. The number of nitrogens with zero attached hydrogens (tertiary/aromatic N) is 4. The molecule has 3 N–H and O–H groups in total. The molecule has 0 aliphatic carbocycles. The van der Waals surface area contributed by atoms with E-state index in [1.54, 1.807) is 0 Å². The number of rotatable bonds is 9. The molecule has 1 rings (SSSR count). The number of urea groups is 1. The first kappa shape index (κ1) is 19.4. The Morgan fingerprint density at radius 1 is 1.35 bits per heavy atom. The minimum absolute atomic E-state index is 0.0754. The summed E-state index contributed by atoms with van der Waals surface area (Å²) in [4.78, 5) is 24.3. The molecule has 130 valence electrons. The third-order valence-corrected chi connectivity index (χ3v) is 4.35. The largest absolute Gasteiger partial charge is 0.351 e. The molecule has 8 nitrogen and oxygen atoms in total. The topological polar surface area (TPSA) is 106 Å². The van der Waals surface area contributed by atoms with Gasteiger partial charge in [-0.15, -0.1) is 10.2 Å². The molecule has 1 atom stereocenters. The zero-order chi connectivity index (χ0) is 17.4. The van der Waals surface area contributed by atoms with Crippen molar-refractivity contribution >= 4 is 23.7 Å². The van der Waals surface area contributed by atoms with Gasteiger partial charge in [0.2, 0.25) is 5.91 Å². The molecule has 0 spiro atoms. The van der Waals surface area contributed by atoms with Crippen LogP contribution in [0.2, 0.25) is 0 Å². The van der Waals surface area contributed by atoms with Crippen LogP contribution in [0.1, 0.15) is 45.0 Å². The second-order valence-corrected chi connectivity index (χ2v) is 6.38. The minimum atomic E-state index is -0.845. The van der Waals surface area contributed by atoms with Crippen LogP contribution < -0.4 is 11.1 Å². The van der Waals surface area contributed by atoms with Crippen LogP contribution in [-0.2, 0) is 11.3 Å². The Hall–Kier alpha value is -1.61. The molecule has 3 amide bonds. The number of thioether (sulfide) groups is 1. The summed E-state index contributed by atoms with van der Waals surface area (Å²) in [6.45, 7) is 5.04. The van der Waals surface area contributed by atoms with Crippen molar-refractivity contribution in [2.75, 3.05) is 19.8 Å². The van der Waals surface area contributed by atoms with Gasteiger partial charge in [0.15, 0.2) is 11.0 Å². The molecule has 0 fully saturated rings. The molecule has 0 unspecified atom stereocenters. The molecule has 0 aliphatic heterocycles. The Balaban J connectivity index is 2.91. The van der Waals surface area contributed by atoms with Crippen molar-refractivity contribution in [3.8, 4) is 0 Å². The van der Waals surface area contributed by atoms with Gasteiger partial charge in [-0.2, -0.15) is 0 Å². The molecule has 0 aromatic carbocycles. The van der Waals surface area contributed by atoms with Gasteiger partial charge >= 0.3 is 6.03 Å². The van der Waals surface area contributed by atoms with Crippen molar-refractivity contribution in [2.45, 2.75) is 50.9 Å². The number of carbonyl (C=O) groups is 2. The zero-order valence-electron chi connectivity index (χ0n) is 14.2. The third-order valence-electron chi connectivity index (χ3n) is 3.38. The molecule has 1 aromatic rings. The van der Waals surface area contributed by atoms with Crippen molar-refractivity contribution in [3.05, 3.63) is 5.82 Å². The first-order valence-electron chi connectivity index (χ1n) is 7.72. The lowest BCUT2D eigenvalue weighted by atomic mass is 10.2. The predicted octanol–water partition coefficient (Wildman–Crippen LogP) is 1.38. The number of imide groups is 1. The normalized spacial score (nSPS) is 12.4. The lowest BCUT2D eigenvalue weighted by Crippen LogP contribution is -2.36. The van der Waals surface area contributed by atoms with E-state index in [-0.39, 0.29) is 11.8 Å². The van der Waals surface area contributed by atoms with Gasteiger partial charge in [0.25, 0.3) is 0 Å². The fourth-order valence-corrected chi connectivity index (χ4v) is 3.03. The molecule has 0 bridgehead atoms. The molecule has 0 aliphatic rings. The smallest absolute Gasteiger partial charge is 0.318 e. The maximum atomic E-state index is 11.6. The highest BCUT2D eigenvalue weighted by molar-refractivity contribution is 7.99. The molecular weight excluding hydrogens is 316 g/mol. The number of primary amides is 1. The van der Waals surface area contributed by atoms with E-state index in [9.17, 15) is 9.59 Å². The molecule has 23 heavy (non-hydrogen) atoms. The van der Waals surface area contributed by atoms with Gasteiger partial charge in [0, 0.05) is 6.54 Å². The highest BCUT2D eigenvalue weighted by Gasteiger charge is 2.22. The number of hydrogen-bond acceptors (Lipinski definition) is 6. The quantitative estimate of drug-likeness (QED) is 0.657. The lowest BCUT2D eigenvalue weighted by molar-refractivity contribution is -0.117. The lowest BCUT2D eigenvalue weighted by Gasteiger charge is -2.23. The van der Waals surface area contributed by atoms with Crippen LogP contribution in [0.4, 0.5) is 4.79 Å². The van der Waals surface area contributed by atoms with E-state index in [2.05, 4.69) is 33.5 Å². The zero-order valence-corrected chi connectivity index (χ0v) is 15.0. The fourth-order valence-electron chi connectivity index (χ4n) is 2.26. The van der Waals surface area contributed by atoms with Crippen LogP contribution in [0, 0.1) is 0 Å². The molecule has 9 heteroatoms. The second kappa shape index (κ2) is 9.51. The van der Waals surface area contributed by atoms with Crippen molar-refractivity contribution in [1.82, 2.24) is 25.0 Å². The highest BCUT2D eigenvalue weighted by Crippen LogP contribution is 2.25. The summed E-state index contributed by atoms with van der Waals surface area (Å²) in [7, 11) is 4.03. The fraction of sp³-hybridized carbons (Fsp3) is 0.714. The average molecular weight is 342 g/mol. The summed E-state index contributed by atoms with van der Waals surface area (Å²) in [5.41, 5.74) is 4.93. The number of carbonyl (C=O) groups excluding carboxylic acids is 2. The third kappa shape index (κ3) is 5.83. The summed E-state index contributed by atoms with van der Waals surface area (Å²) in [5.74, 6) is 0.545. The molecular formula is C14H26N6O2S. The summed E-state index contributed by atoms with van der Waals surface area (Å²) in [6, 6.07) is -0.671. The SMILES string of the molecule is CCCCn1c(SCC(=O)NC(N)=O)nnc1[C@@H](CC)N(C)C. The maximum Gasteiger partial charge on any atom is 0.318 e. The van der Waals surface area contributed by atoms with E-state index in [4.69, 9.17) is 5.73 Å². The Bertz CT molecular complexity index is 531. The van der Waals surface area contributed by atoms with Gasteiger partial charge < -0.3 is 10.3 Å². The summed E-state index contributed by atoms with van der Waals surface area (Å²) in [6.07, 6.45) is 2.99. The van der Waals surface area contributed by atoms with E-state index < -0.39 is 11.9 Å². The van der Waals surface area contributed by atoms with Crippen LogP contribution in [-0.4, -0.2) is 51.5 Å². The summed E-state index contributed by atoms with van der Waals surface area (Å²) < 4.78 is 2.07. The van der Waals surface area contributed by atoms with Crippen LogP contribution in [0.5, 0.6) is 0 Å². The number of nitrogens with two attached hydrogens (primary N) is 1. The van der Waals surface area contributed by atoms with Gasteiger partial charge in [-0.1, -0.05) is 32.0 Å². The monoisotopic (exact) mass is 342 g/mol. The molecule has 1 aromatic heterocycles. The van der Waals surface area contributed by atoms with Gasteiger partial charge in [-0.25, -0.2) is 4.79 Å². The van der Waals surface area contributed by atoms with Gasteiger partial charge in [-0.3, -0.25) is 15.0 Å². The number of nitrogens with one attached hydrogen (secondary N) is 1. The van der Waals surface area contributed by atoms with E-state index in [0.29, 0.717) is 5.16 Å². The minimum Gasteiger partial charge on any atom is -0.351 e. The van der Waals surface area contributed by atoms with Gasteiger partial charge in [0.1, 0.15) is 0 Å². The summed E-state index contributed by atoms with van der Waals surface area (Å²) in [5, 5.41) is 11.3. The van der Waals surface area contributed by atoms with Crippen LogP contribution in [0.25, 0.3) is 0 Å². The van der Waals surface area contributed by atoms with Crippen molar-refractivity contribution in [1.29, 1.82) is 0 Å². The number of aromatic nitrogens is 3. The average Bonchev–Trinajstić information content (AvgIpc) is 2.85. The van der Waals surface area contributed by atoms with Crippen LogP contribution in [0.3, 0.4) is 0 Å². The molecule has 0 saturated heterocycles. The number of amides is 3. The van der Waals surface area contributed by atoms with Gasteiger partial charge in [-0.05, 0) is 26.9 Å². The van der Waals surface area contributed by atoms with E-state index in [0.717, 1.165) is 31.6 Å². The first-order valence-corrected chi connectivity index (χ1v) is 8.70. The number of unbranched alkanes of at least 4 members (excludes halogenated alkanes) is 1. The van der Waals surface area contributed by atoms with Crippen molar-refractivity contribution in [3.63, 3.8) is 0 Å².